The quantitative estimate of drug-likeness (QED) is 0.908. The molecule has 1 atom stereocenters. The molecule has 0 aliphatic carbocycles. The Morgan fingerprint density at radius 2 is 1.90 bits per heavy atom. The summed E-state index contributed by atoms with van der Waals surface area (Å²) < 4.78 is 12.8. The smallest absolute Gasteiger partial charge is 0.321 e. The van der Waals surface area contributed by atoms with E-state index in [9.17, 15) is 14.3 Å². The lowest BCUT2D eigenvalue weighted by atomic mass is 10.1. The molecule has 0 aliphatic rings. The van der Waals surface area contributed by atoms with Crippen molar-refractivity contribution in [3.8, 4) is 0 Å². The minimum Gasteiger partial charge on any atom is -0.387 e. The molecule has 0 spiro atoms. The van der Waals surface area contributed by atoms with Gasteiger partial charge in [0.2, 0.25) is 0 Å². The number of hydrogen-bond acceptors (Lipinski definition) is 3. The average Bonchev–Trinajstić information content (AvgIpc) is 2.48. The van der Waals surface area contributed by atoms with Gasteiger partial charge in [-0.05, 0) is 29.8 Å². The molecule has 2 rings (SSSR count). The van der Waals surface area contributed by atoms with Crippen LogP contribution in [0, 0.1) is 5.82 Å². The van der Waals surface area contributed by atoms with Gasteiger partial charge in [0.1, 0.15) is 5.82 Å². The van der Waals surface area contributed by atoms with E-state index in [0.29, 0.717) is 11.3 Å². The summed E-state index contributed by atoms with van der Waals surface area (Å²) in [6.45, 7) is 0.0998. The molecule has 0 bridgehead atoms. The van der Waals surface area contributed by atoms with E-state index in [1.54, 1.807) is 31.6 Å². The number of rotatable bonds is 4. The van der Waals surface area contributed by atoms with Crippen molar-refractivity contribution >= 4 is 11.7 Å². The second kappa shape index (κ2) is 6.81. The zero-order valence-electron chi connectivity index (χ0n) is 11.5. The van der Waals surface area contributed by atoms with Gasteiger partial charge < -0.3 is 15.3 Å². The Balaban J connectivity index is 1.92. The van der Waals surface area contributed by atoms with Gasteiger partial charge in [-0.3, -0.25) is 4.98 Å². The van der Waals surface area contributed by atoms with Crippen LogP contribution in [0.15, 0.2) is 48.8 Å². The van der Waals surface area contributed by atoms with Crippen molar-refractivity contribution in [2.45, 2.75) is 6.10 Å². The van der Waals surface area contributed by atoms with Crippen LogP contribution in [0.5, 0.6) is 0 Å². The molecule has 2 aromatic rings. The van der Waals surface area contributed by atoms with Gasteiger partial charge in [0, 0.05) is 25.1 Å². The SMILES string of the molecule is CN(C[C@@H](O)c1ccc(F)cc1)C(=O)Nc1ccncc1. The van der Waals surface area contributed by atoms with Gasteiger partial charge >= 0.3 is 6.03 Å². The van der Waals surface area contributed by atoms with E-state index in [2.05, 4.69) is 10.3 Å². The maximum absolute atomic E-state index is 12.8. The molecular weight excluding hydrogens is 273 g/mol. The summed E-state index contributed by atoms with van der Waals surface area (Å²) >= 11 is 0. The Kier molecular flexibility index (Phi) is 4.84. The number of nitrogens with zero attached hydrogens (tertiary/aromatic N) is 2. The predicted molar refractivity (Wildman–Crippen MR) is 77.2 cm³/mol. The first kappa shape index (κ1) is 14.9. The standard InChI is InChI=1S/C15H16FN3O2/c1-19(15(21)18-13-6-8-17-9-7-13)10-14(20)11-2-4-12(16)5-3-11/h2-9,14,20H,10H2,1H3,(H,17,18,21)/t14-/m1/s1. The van der Waals surface area contributed by atoms with Crippen LogP contribution < -0.4 is 5.32 Å². The molecule has 2 N–H and O–H groups in total. The van der Waals surface area contributed by atoms with Crippen LogP contribution >= 0.6 is 0 Å². The van der Waals surface area contributed by atoms with Crippen LogP contribution in [0.4, 0.5) is 14.9 Å². The van der Waals surface area contributed by atoms with Crippen molar-refractivity contribution in [1.29, 1.82) is 0 Å². The second-order valence-corrected chi connectivity index (χ2v) is 4.61. The zero-order valence-corrected chi connectivity index (χ0v) is 11.5. The lowest BCUT2D eigenvalue weighted by molar-refractivity contribution is 0.136. The number of likely N-dealkylation sites (N-methyl/N-ethyl adjacent to an activating group) is 1. The summed E-state index contributed by atoms with van der Waals surface area (Å²) in [5, 5.41) is 12.7. The maximum Gasteiger partial charge on any atom is 0.321 e. The second-order valence-electron chi connectivity index (χ2n) is 4.61. The van der Waals surface area contributed by atoms with Gasteiger partial charge in [-0.1, -0.05) is 12.1 Å². The van der Waals surface area contributed by atoms with Crippen molar-refractivity contribution in [2.24, 2.45) is 0 Å². The van der Waals surface area contributed by atoms with Gasteiger partial charge in [-0.15, -0.1) is 0 Å². The van der Waals surface area contributed by atoms with Crippen molar-refractivity contribution in [2.75, 3.05) is 18.9 Å². The Morgan fingerprint density at radius 1 is 1.29 bits per heavy atom. The molecular formula is C15H16FN3O2. The van der Waals surface area contributed by atoms with Gasteiger partial charge in [0.05, 0.1) is 12.6 Å². The third kappa shape index (κ3) is 4.25. The Hall–Kier alpha value is -2.47. The van der Waals surface area contributed by atoms with Crippen LogP contribution in [-0.2, 0) is 0 Å². The minimum atomic E-state index is -0.876. The highest BCUT2D eigenvalue weighted by Crippen LogP contribution is 2.15. The van der Waals surface area contributed by atoms with E-state index in [0.717, 1.165) is 0 Å². The topological polar surface area (TPSA) is 65.5 Å². The molecule has 0 aliphatic heterocycles. The highest BCUT2D eigenvalue weighted by atomic mass is 19.1. The molecule has 1 aromatic heterocycles. The number of benzene rings is 1. The molecule has 110 valence electrons. The molecule has 5 nitrogen and oxygen atoms in total. The largest absolute Gasteiger partial charge is 0.387 e. The van der Waals surface area contributed by atoms with Gasteiger partial charge in [0.15, 0.2) is 0 Å². The number of carbonyl (C=O) groups is 1. The van der Waals surface area contributed by atoms with E-state index in [-0.39, 0.29) is 18.4 Å². The summed E-state index contributed by atoms with van der Waals surface area (Å²) in [5.74, 6) is -0.366. The number of aromatic nitrogens is 1. The van der Waals surface area contributed by atoms with Crippen molar-refractivity contribution in [3.63, 3.8) is 0 Å². The highest BCUT2D eigenvalue weighted by molar-refractivity contribution is 5.88. The zero-order chi connectivity index (χ0) is 15.2. The first-order valence-electron chi connectivity index (χ1n) is 6.42. The molecule has 0 unspecified atom stereocenters. The van der Waals surface area contributed by atoms with E-state index in [1.807, 2.05) is 0 Å². The monoisotopic (exact) mass is 289 g/mol. The van der Waals surface area contributed by atoms with Gasteiger partial charge in [-0.25, -0.2) is 9.18 Å². The predicted octanol–water partition coefficient (Wildman–Crippen LogP) is 2.42. The Bertz CT molecular complexity index is 590. The number of halogens is 1. The number of aliphatic hydroxyl groups excluding tert-OH is 1. The Labute approximate surface area is 122 Å². The maximum atomic E-state index is 12.8. The fourth-order valence-corrected chi connectivity index (χ4v) is 1.79. The molecule has 0 saturated heterocycles. The van der Waals surface area contributed by atoms with E-state index < -0.39 is 6.10 Å². The summed E-state index contributed by atoms with van der Waals surface area (Å²) in [7, 11) is 1.57. The van der Waals surface area contributed by atoms with Crippen LogP contribution in [0.3, 0.4) is 0 Å². The molecule has 0 radical (unpaired) electrons. The van der Waals surface area contributed by atoms with Gasteiger partial charge in [-0.2, -0.15) is 0 Å². The molecule has 6 heteroatoms. The molecule has 1 heterocycles. The van der Waals surface area contributed by atoms with Crippen LogP contribution in [0.25, 0.3) is 0 Å². The lowest BCUT2D eigenvalue weighted by Gasteiger charge is -2.21. The fraction of sp³-hybridized carbons (Fsp3) is 0.200. The fourth-order valence-electron chi connectivity index (χ4n) is 1.79. The van der Waals surface area contributed by atoms with Gasteiger partial charge in [0.25, 0.3) is 0 Å². The first-order chi connectivity index (χ1) is 10.1. The molecule has 2 amide bonds. The summed E-state index contributed by atoms with van der Waals surface area (Å²) in [5.41, 5.74) is 1.18. The number of anilines is 1. The molecule has 1 aromatic carbocycles. The number of amides is 2. The summed E-state index contributed by atoms with van der Waals surface area (Å²) in [6.07, 6.45) is 2.27. The number of aliphatic hydroxyl groups is 1. The molecule has 21 heavy (non-hydrogen) atoms. The average molecular weight is 289 g/mol. The summed E-state index contributed by atoms with van der Waals surface area (Å²) in [4.78, 5) is 17.2. The van der Waals surface area contributed by atoms with E-state index in [4.69, 9.17) is 0 Å². The third-order valence-electron chi connectivity index (χ3n) is 2.98. The molecule has 0 fully saturated rings. The highest BCUT2D eigenvalue weighted by Gasteiger charge is 2.15. The van der Waals surface area contributed by atoms with Crippen LogP contribution in [0.1, 0.15) is 11.7 Å². The first-order valence-corrected chi connectivity index (χ1v) is 6.42. The Morgan fingerprint density at radius 3 is 2.52 bits per heavy atom. The number of hydrogen-bond donors (Lipinski definition) is 2. The molecule has 0 saturated carbocycles. The third-order valence-corrected chi connectivity index (χ3v) is 2.98. The van der Waals surface area contributed by atoms with E-state index in [1.165, 1.54) is 29.2 Å². The normalized spacial score (nSPS) is 11.8. The lowest BCUT2D eigenvalue weighted by Crippen LogP contribution is -2.34. The van der Waals surface area contributed by atoms with Crippen LogP contribution in [-0.4, -0.2) is 34.6 Å². The minimum absolute atomic E-state index is 0.0998. The van der Waals surface area contributed by atoms with Crippen molar-refractivity contribution in [1.82, 2.24) is 9.88 Å². The number of carbonyl (C=O) groups excluding carboxylic acids is 1. The van der Waals surface area contributed by atoms with E-state index >= 15 is 0 Å². The number of nitrogens with one attached hydrogen (secondary N) is 1. The number of urea groups is 1. The van der Waals surface area contributed by atoms with Crippen LogP contribution in [0.2, 0.25) is 0 Å². The van der Waals surface area contributed by atoms with Crippen molar-refractivity contribution < 1.29 is 14.3 Å². The van der Waals surface area contributed by atoms with Crippen molar-refractivity contribution in [3.05, 3.63) is 60.2 Å². The summed E-state index contributed by atoms with van der Waals surface area (Å²) in [6, 6.07) is 8.53. The number of pyridine rings is 1.